The Kier molecular flexibility index (Phi) is 6.33. The number of thioether (sulfide) groups is 1. The summed E-state index contributed by atoms with van der Waals surface area (Å²) in [5.74, 6) is -0.270. The molecular weight excluding hydrogens is 398 g/mol. The zero-order valence-corrected chi connectivity index (χ0v) is 16.8. The highest BCUT2D eigenvalue weighted by Gasteiger charge is 2.12. The quantitative estimate of drug-likeness (QED) is 0.595. The maximum atomic E-state index is 12.3. The molecule has 0 atom stereocenters. The van der Waals surface area contributed by atoms with Crippen molar-refractivity contribution in [1.82, 2.24) is 14.8 Å². The van der Waals surface area contributed by atoms with Crippen molar-refractivity contribution in [2.75, 3.05) is 16.4 Å². The van der Waals surface area contributed by atoms with Gasteiger partial charge in [0.1, 0.15) is 6.33 Å². The molecular formula is C19H18ClN5O2S. The summed E-state index contributed by atoms with van der Waals surface area (Å²) in [4.78, 5) is 23.4. The van der Waals surface area contributed by atoms with Gasteiger partial charge in [0, 0.05) is 18.3 Å². The highest BCUT2D eigenvalue weighted by molar-refractivity contribution is 7.99. The number of aromatic nitrogens is 3. The van der Waals surface area contributed by atoms with Gasteiger partial charge in [0.05, 0.1) is 16.5 Å². The summed E-state index contributed by atoms with van der Waals surface area (Å²) in [5.41, 5.74) is 3.12. The number of carbonyl (C=O) groups excluding carboxylic acids is 2. The van der Waals surface area contributed by atoms with Gasteiger partial charge in [-0.05, 0) is 37.3 Å². The molecule has 1 aromatic heterocycles. The van der Waals surface area contributed by atoms with E-state index in [4.69, 9.17) is 11.6 Å². The third-order valence-corrected chi connectivity index (χ3v) is 4.98. The molecule has 7 nitrogen and oxygen atoms in total. The Morgan fingerprint density at radius 2 is 1.89 bits per heavy atom. The number of rotatable bonds is 6. The van der Waals surface area contributed by atoms with Gasteiger partial charge in [0.15, 0.2) is 5.16 Å². The first-order chi connectivity index (χ1) is 13.4. The number of nitrogens with one attached hydrogen (secondary N) is 2. The SMILES string of the molecule is CC(=O)Nc1ccc(NC(=O)CSc2nncn2-c2ccc(C)cc2)c(Cl)c1. The fourth-order valence-corrected chi connectivity index (χ4v) is 3.38. The zero-order valence-electron chi connectivity index (χ0n) is 15.3. The topological polar surface area (TPSA) is 88.9 Å². The second-order valence-corrected chi connectivity index (χ2v) is 7.38. The van der Waals surface area contributed by atoms with Crippen LogP contribution in [0.4, 0.5) is 11.4 Å². The molecule has 2 aromatic carbocycles. The van der Waals surface area contributed by atoms with Crippen molar-refractivity contribution in [2.24, 2.45) is 0 Å². The molecule has 3 rings (SSSR count). The van der Waals surface area contributed by atoms with Crippen LogP contribution in [0.25, 0.3) is 5.69 Å². The summed E-state index contributed by atoms with van der Waals surface area (Å²) in [5, 5.41) is 14.4. The molecule has 0 fully saturated rings. The Morgan fingerprint density at radius 1 is 1.14 bits per heavy atom. The highest BCUT2D eigenvalue weighted by atomic mass is 35.5. The van der Waals surface area contributed by atoms with Crippen LogP contribution in [0.15, 0.2) is 53.9 Å². The number of nitrogens with zero attached hydrogens (tertiary/aromatic N) is 3. The van der Waals surface area contributed by atoms with Gasteiger partial charge >= 0.3 is 0 Å². The molecule has 0 unspecified atom stereocenters. The van der Waals surface area contributed by atoms with E-state index in [-0.39, 0.29) is 17.6 Å². The minimum Gasteiger partial charge on any atom is -0.326 e. The second kappa shape index (κ2) is 8.90. The van der Waals surface area contributed by atoms with Crippen LogP contribution in [0.3, 0.4) is 0 Å². The summed E-state index contributed by atoms with van der Waals surface area (Å²) < 4.78 is 1.83. The van der Waals surface area contributed by atoms with Crippen LogP contribution >= 0.6 is 23.4 Å². The van der Waals surface area contributed by atoms with Crippen molar-refractivity contribution in [3.63, 3.8) is 0 Å². The molecule has 3 aromatic rings. The number of carbonyl (C=O) groups is 2. The summed E-state index contributed by atoms with van der Waals surface area (Å²) >= 11 is 7.45. The first-order valence-electron chi connectivity index (χ1n) is 8.39. The lowest BCUT2D eigenvalue weighted by Gasteiger charge is -2.10. The van der Waals surface area contributed by atoms with Crippen molar-refractivity contribution in [3.8, 4) is 5.69 Å². The molecule has 0 aliphatic rings. The van der Waals surface area contributed by atoms with E-state index in [1.165, 1.54) is 18.7 Å². The van der Waals surface area contributed by atoms with Crippen molar-refractivity contribution in [1.29, 1.82) is 0 Å². The zero-order chi connectivity index (χ0) is 20.1. The van der Waals surface area contributed by atoms with Crippen LogP contribution in [0.1, 0.15) is 12.5 Å². The van der Waals surface area contributed by atoms with E-state index in [2.05, 4.69) is 20.8 Å². The third-order valence-electron chi connectivity index (χ3n) is 3.72. The number of hydrogen-bond acceptors (Lipinski definition) is 5. The van der Waals surface area contributed by atoms with Gasteiger partial charge in [-0.1, -0.05) is 41.1 Å². The largest absolute Gasteiger partial charge is 0.326 e. The lowest BCUT2D eigenvalue weighted by atomic mass is 10.2. The maximum absolute atomic E-state index is 12.3. The number of hydrogen-bond donors (Lipinski definition) is 2. The highest BCUT2D eigenvalue weighted by Crippen LogP contribution is 2.26. The van der Waals surface area contributed by atoms with E-state index in [0.717, 1.165) is 11.3 Å². The first-order valence-corrected chi connectivity index (χ1v) is 9.75. The van der Waals surface area contributed by atoms with Crippen molar-refractivity contribution >= 4 is 46.6 Å². The van der Waals surface area contributed by atoms with Gasteiger partial charge in [-0.3, -0.25) is 14.2 Å². The Balaban J connectivity index is 1.62. The predicted octanol–water partition coefficient (Wildman–Crippen LogP) is 3.92. The molecule has 0 saturated heterocycles. The van der Waals surface area contributed by atoms with E-state index in [9.17, 15) is 9.59 Å². The summed E-state index contributed by atoms with van der Waals surface area (Å²) in [6.45, 7) is 3.43. The minimum atomic E-state index is -0.224. The molecule has 9 heteroatoms. The average molecular weight is 416 g/mol. The molecule has 1 heterocycles. The molecule has 0 radical (unpaired) electrons. The van der Waals surface area contributed by atoms with Crippen LogP contribution < -0.4 is 10.6 Å². The molecule has 0 aliphatic heterocycles. The van der Waals surface area contributed by atoms with Crippen LogP contribution in [0, 0.1) is 6.92 Å². The minimum absolute atomic E-state index is 0.147. The summed E-state index contributed by atoms with van der Waals surface area (Å²) in [6, 6.07) is 12.8. The van der Waals surface area contributed by atoms with Crippen molar-refractivity contribution < 1.29 is 9.59 Å². The fourth-order valence-electron chi connectivity index (χ4n) is 2.42. The van der Waals surface area contributed by atoms with Crippen molar-refractivity contribution in [3.05, 3.63) is 59.4 Å². The van der Waals surface area contributed by atoms with E-state index in [0.29, 0.717) is 21.6 Å². The Hall–Kier alpha value is -2.84. The molecule has 0 spiro atoms. The Bertz CT molecular complexity index is 1000. The Labute approximate surface area is 171 Å². The molecule has 2 N–H and O–H groups in total. The third kappa shape index (κ3) is 5.11. The molecule has 0 aliphatic carbocycles. The summed E-state index contributed by atoms with van der Waals surface area (Å²) in [6.07, 6.45) is 1.61. The number of aryl methyl sites for hydroxylation is 1. The molecule has 2 amide bonds. The normalized spacial score (nSPS) is 10.5. The van der Waals surface area contributed by atoms with E-state index in [1.807, 2.05) is 35.8 Å². The standard InChI is InChI=1S/C19H18ClN5O2S/c1-12-3-6-15(7-4-12)25-11-21-24-19(25)28-10-18(27)23-17-8-5-14(9-16(17)20)22-13(2)26/h3-9,11H,10H2,1-2H3,(H,22,26)(H,23,27). The molecule has 144 valence electrons. The van der Waals surface area contributed by atoms with Gasteiger partial charge in [-0.15, -0.1) is 10.2 Å². The average Bonchev–Trinajstić information content (AvgIpc) is 3.11. The van der Waals surface area contributed by atoms with Gasteiger partial charge < -0.3 is 10.6 Å². The van der Waals surface area contributed by atoms with Gasteiger partial charge in [-0.25, -0.2) is 0 Å². The van der Waals surface area contributed by atoms with E-state index in [1.54, 1.807) is 24.5 Å². The predicted molar refractivity (Wildman–Crippen MR) is 111 cm³/mol. The summed E-state index contributed by atoms with van der Waals surface area (Å²) in [7, 11) is 0. The van der Waals surface area contributed by atoms with Gasteiger partial charge in [-0.2, -0.15) is 0 Å². The van der Waals surface area contributed by atoms with Crippen LogP contribution in [-0.4, -0.2) is 32.3 Å². The number of amides is 2. The van der Waals surface area contributed by atoms with Crippen LogP contribution in [-0.2, 0) is 9.59 Å². The smallest absolute Gasteiger partial charge is 0.234 e. The lowest BCUT2D eigenvalue weighted by molar-refractivity contribution is -0.114. The molecule has 28 heavy (non-hydrogen) atoms. The van der Waals surface area contributed by atoms with Crippen LogP contribution in [0.2, 0.25) is 5.02 Å². The van der Waals surface area contributed by atoms with E-state index >= 15 is 0 Å². The molecule has 0 saturated carbocycles. The maximum Gasteiger partial charge on any atom is 0.234 e. The Morgan fingerprint density at radius 3 is 2.57 bits per heavy atom. The number of anilines is 2. The lowest BCUT2D eigenvalue weighted by Crippen LogP contribution is -2.15. The fraction of sp³-hybridized carbons (Fsp3) is 0.158. The monoisotopic (exact) mass is 415 g/mol. The number of benzene rings is 2. The van der Waals surface area contributed by atoms with Crippen LogP contribution in [0.5, 0.6) is 0 Å². The first kappa shape index (κ1) is 19.9. The molecule has 0 bridgehead atoms. The second-order valence-electron chi connectivity index (χ2n) is 6.03. The van der Waals surface area contributed by atoms with Gasteiger partial charge in [0.25, 0.3) is 0 Å². The van der Waals surface area contributed by atoms with Crippen molar-refractivity contribution in [2.45, 2.75) is 19.0 Å². The number of halogens is 1. The van der Waals surface area contributed by atoms with E-state index < -0.39 is 0 Å². The van der Waals surface area contributed by atoms with Gasteiger partial charge in [0.2, 0.25) is 11.8 Å².